The third-order valence-corrected chi connectivity index (χ3v) is 4.30. The van der Waals surface area contributed by atoms with Crippen molar-refractivity contribution in [1.82, 2.24) is 0 Å². The smallest absolute Gasteiger partial charge is 0.0490 e. The van der Waals surface area contributed by atoms with E-state index < -0.39 is 0 Å². The summed E-state index contributed by atoms with van der Waals surface area (Å²) in [5.74, 6) is 0. The summed E-state index contributed by atoms with van der Waals surface area (Å²) in [6.07, 6.45) is 0. The van der Waals surface area contributed by atoms with E-state index in [9.17, 15) is 0 Å². The summed E-state index contributed by atoms with van der Waals surface area (Å²) in [6, 6.07) is 24.5. The van der Waals surface area contributed by atoms with Crippen LogP contribution in [0.3, 0.4) is 0 Å². The van der Waals surface area contributed by atoms with Crippen LogP contribution in [0, 0.1) is 33.8 Å². The molecule has 0 fully saturated rings. The fourth-order valence-electron chi connectivity index (χ4n) is 2.88. The second-order valence-corrected chi connectivity index (χ2v) is 6.15. The summed E-state index contributed by atoms with van der Waals surface area (Å²) in [6.45, 7) is 8.62. The first-order valence-corrected chi connectivity index (χ1v) is 7.97. The van der Waals surface area contributed by atoms with E-state index in [1.165, 1.54) is 33.6 Å². The van der Waals surface area contributed by atoms with Crippen LogP contribution in [0.15, 0.2) is 60.7 Å². The van der Waals surface area contributed by atoms with Gasteiger partial charge in [0.15, 0.2) is 0 Å². The van der Waals surface area contributed by atoms with Gasteiger partial charge in [-0.25, -0.2) is 0 Å². The van der Waals surface area contributed by atoms with E-state index in [1.54, 1.807) is 0 Å². The Balaban J connectivity index is 2.20. The van der Waals surface area contributed by atoms with Crippen LogP contribution in [0.2, 0.25) is 0 Å². The molecule has 0 aliphatic carbocycles. The van der Waals surface area contributed by atoms with E-state index in [4.69, 9.17) is 0 Å². The lowest BCUT2D eigenvalue weighted by atomic mass is 10.1. The highest BCUT2D eigenvalue weighted by molar-refractivity contribution is 5.78. The fourth-order valence-corrected chi connectivity index (χ4v) is 2.88. The SMILES string of the molecule is Cc1ccc(N(c2cc[c]cc2)c2ccc(C)c(C)c2)c(C)c1. The summed E-state index contributed by atoms with van der Waals surface area (Å²) < 4.78 is 0. The highest BCUT2D eigenvalue weighted by Gasteiger charge is 2.14. The third kappa shape index (κ3) is 3.14. The zero-order chi connectivity index (χ0) is 16.4. The summed E-state index contributed by atoms with van der Waals surface area (Å²) in [5, 5.41) is 0. The average molecular weight is 300 g/mol. The molecule has 3 aromatic rings. The standard InChI is InChI=1S/C22H22N/c1-16-10-13-22(19(4)14-16)23(20-8-6-5-7-9-20)21-12-11-17(2)18(3)15-21/h6-15H,1-4H3. The number of hydrogen-bond donors (Lipinski definition) is 0. The van der Waals surface area contributed by atoms with Crippen LogP contribution in [0.4, 0.5) is 17.1 Å². The molecule has 0 amide bonds. The van der Waals surface area contributed by atoms with Gasteiger partial charge in [0.25, 0.3) is 0 Å². The van der Waals surface area contributed by atoms with Crippen molar-refractivity contribution >= 4 is 17.1 Å². The molecule has 115 valence electrons. The highest BCUT2D eigenvalue weighted by atomic mass is 15.1. The topological polar surface area (TPSA) is 3.24 Å². The lowest BCUT2D eigenvalue weighted by Crippen LogP contribution is -2.11. The third-order valence-electron chi connectivity index (χ3n) is 4.30. The molecule has 23 heavy (non-hydrogen) atoms. The molecule has 0 saturated carbocycles. The minimum atomic E-state index is 1.15. The number of benzene rings is 3. The van der Waals surface area contributed by atoms with E-state index in [0.717, 1.165) is 5.69 Å². The fraction of sp³-hybridized carbons (Fsp3) is 0.182. The van der Waals surface area contributed by atoms with Crippen LogP contribution in [-0.4, -0.2) is 0 Å². The molecule has 3 rings (SSSR count). The van der Waals surface area contributed by atoms with Gasteiger partial charge in [-0.05, 0) is 80.8 Å². The van der Waals surface area contributed by atoms with Crippen LogP contribution in [0.25, 0.3) is 0 Å². The van der Waals surface area contributed by atoms with Crippen molar-refractivity contribution in [2.24, 2.45) is 0 Å². The molecule has 1 nitrogen and oxygen atoms in total. The first kappa shape index (κ1) is 15.4. The Morgan fingerprint density at radius 2 is 1.39 bits per heavy atom. The summed E-state index contributed by atoms with van der Waals surface area (Å²) in [7, 11) is 0. The molecule has 0 spiro atoms. The normalized spacial score (nSPS) is 10.6. The van der Waals surface area contributed by atoms with Crippen molar-refractivity contribution in [3.63, 3.8) is 0 Å². The molecular formula is C22H22N. The molecule has 0 aliphatic heterocycles. The number of aryl methyl sites for hydroxylation is 4. The number of anilines is 3. The molecule has 0 unspecified atom stereocenters. The average Bonchev–Trinajstić information content (AvgIpc) is 2.54. The van der Waals surface area contributed by atoms with E-state index in [2.05, 4.69) is 87.2 Å². The van der Waals surface area contributed by atoms with Gasteiger partial charge in [0, 0.05) is 17.1 Å². The molecule has 1 heteroatoms. The van der Waals surface area contributed by atoms with Crippen LogP contribution >= 0.6 is 0 Å². The van der Waals surface area contributed by atoms with Gasteiger partial charge in [0.2, 0.25) is 0 Å². The Labute approximate surface area is 139 Å². The lowest BCUT2D eigenvalue weighted by molar-refractivity contribution is 1.22. The summed E-state index contributed by atoms with van der Waals surface area (Å²) >= 11 is 0. The lowest BCUT2D eigenvalue weighted by Gasteiger charge is -2.27. The molecule has 0 saturated heterocycles. The second kappa shape index (κ2) is 6.29. The monoisotopic (exact) mass is 300 g/mol. The van der Waals surface area contributed by atoms with Gasteiger partial charge < -0.3 is 4.90 Å². The van der Waals surface area contributed by atoms with Gasteiger partial charge in [0.05, 0.1) is 0 Å². The zero-order valence-corrected chi connectivity index (χ0v) is 14.2. The Morgan fingerprint density at radius 3 is 2.04 bits per heavy atom. The van der Waals surface area contributed by atoms with Gasteiger partial charge >= 0.3 is 0 Å². The Kier molecular flexibility index (Phi) is 4.20. The predicted molar refractivity (Wildman–Crippen MR) is 98.9 cm³/mol. The predicted octanol–water partition coefficient (Wildman–Crippen LogP) is 6.19. The van der Waals surface area contributed by atoms with Crippen molar-refractivity contribution in [2.45, 2.75) is 27.7 Å². The van der Waals surface area contributed by atoms with Crippen LogP contribution in [0.1, 0.15) is 22.3 Å². The molecule has 0 aliphatic rings. The maximum atomic E-state index is 3.11. The van der Waals surface area contributed by atoms with E-state index in [1.807, 2.05) is 12.1 Å². The van der Waals surface area contributed by atoms with E-state index >= 15 is 0 Å². The summed E-state index contributed by atoms with van der Waals surface area (Å²) in [5.41, 5.74) is 8.73. The molecule has 0 N–H and O–H groups in total. The molecule has 0 aromatic heterocycles. The van der Waals surface area contributed by atoms with Gasteiger partial charge in [-0.3, -0.25) is 0 Å². The number of hydrogen-bond acceptors (Lipinski definition) is 1. The first-order chi connectivity index (χ1) is 11.1. The zero-order valence-electron chi connectivity index (χ0n) is 14.2. The number of nitrogens with zero attached hydrogens (tertiary/aromatic N) is 1. The minimum absolute atomic E-state index is 1.15. The molecule has 0 heterocycles. The second-order valence-electron chi connectivity index (χ2n) is 6.15. The van der Waals surface area contributed by atoms with Crippen LogP contribution in [0.5, 0.6) is 0 Å². The molecular weight excluding hydrogens is 278 g/mol. The Bertz CT molecular complexity index is 819. The van der Waals surface area contributed by atoms with Crippen LogP contribution in [-0.2, 0) is 0 Å². The molecule has 0 bridgehead atoms. The largest absolute Gasteiger partial charge is 0.310 e. The number of rotatable bonds is 3. The highest BCUT2D eigenvalue weighted by Crippen LogP contribution is 2.37. The summed E-state index contributed by atoms with van der Waals surface area (Å²) in [4.78, 5) is 2.31. The van der Waals surface area contributed by atoms with Crippen molar-refractivity contribution in [1.29, 1.82) is 0 Å². The van der Waals surface area contributed by atoms with Gasteiger partial charge in [0.1, 0.15) is 0 Å². The van der Waals surface area contributed by atoms with Crippen LogP contribution < -0.4 is 4.90 Å². The van der Waals surface area contributed by atoms with Gasteiger partial charge in [-0.15, -0.1) is 0 Å². The van der Waals surface area contributed by atoms with Crippen molar-refractivity contribution < 1.29 is 0 Å². The van der Waals surface area contributed by atoms with Gasteiger partial charge in [-0.1, -0.05) is 35.9 Å². The Hall–Kier alpha value is -2.54. The van der Waals surface area contributed by atoms with Crippen molar-refractivity contribution in [3.05, 3.63) is 89.0 Å². The quantitative estimate of drug-likeness (QED) is 0.557. The minimum Gasteiger partial charge on any atom is -0.310 e. The van der Waals surface area contributed by atoms with Crippen molar-refractivity contribution in [2.75, 3.05) is 4.90 Å². The molecule has 3 aromatic carbocycles. The molecule has 1 radical (unpaired) electrons. The molecule has 0 atom stereocenters. The Morgan fingerprint density at radius 1 is 0.652 bits per heavy atom. The maximum Gasteiger partial charge on any atom is 0.0490 e. The maximum absolute atomic E-state index is 3.11. The van der Waals surface area contributed by atoms with E-state index in [-0.39, 0.29) is 0 Å². The van der Waals surface area contributed by atoms with Gasteiger partial charge in [-0.2, -0.15) is 0 Å². The first-order valence-electron chi connectivity index (χ1n) is 7.97. The van der Waals surface area contributed by atoms with E-state index in [0.29, 0.717) is 0 Å². The van der Waals surface area contributed by atoms with Crippen molar-refractivity contribution in [3.8, 4) is 0 Å².